The monoisotopic (exact) mass is 639 g/mol. The lowest BCUT2D eigenvalue weighted by atomic mass is 9.91. The molecule has 0 radical (unpaired) electrons. The third kappa shape index (κ3) is 12.6. The average Bonchev–Trinajstić information content (AvgIpc) is 3.07. The first-order valence-electron chi connectivity index (χ1n) is 13.7. The van der Waals surface area contributed by atoms with E-state index in [4.69, 9.17) is 41.1 Å². The van der Waals surface area contributed by atoms with Crippen LogP contribution in [0.4, 0.5) is 17.3 Å². The van der Waals surface area contributed by atoms with Gasteiger partial charge in [-0.1, -0.05) is 0 Å². The van der Waals surface area contributed by atoms with E-state index in [9.17, 15) is 17.3 Å². The van der Waals surface area contributed by atoms with Gasteiger partial charge in [-0.3, -0.25) is 0 Å². The first-order chi connectivity index (χ1) is 22.0. The topological polar surface area (TPSA) is 183 Å². The molecule has 0 fully saturated rings. The van der Waals surface area contributed by atoms with Crippen LogP contribution >= 0.6 is 0 Å². The highest BCUT2D eigenvalue weighted by Gasteiger charge is 2.36. The van der Waals surface area contributed by atoms with Gasteiger partial charge in [-0.05, 0) is 48.6 Å². The number of nitrogens with zero attached hydrogens (tertiary/aromatic N) is 8. The Balaban J connectivity index is 0.00000107. The molecule has 0 saturated heterocycles. The number of halogens is 4. The summed E-state index contributed by atoms with van der Waals surface area (Å²) in [5.74, 6) is 0. The van der Waals surface area contributed by atoms with Gasteiger partial charge in [0.2, 0.25) is 0 Å². The van der Waals surface area contributed by atoms with Gasteiger partial charge < -0.3 is 58.3 Å². The van der Waals surface area contributed by atoms with Gasteiger partial charge in [0.05, 0.1) is 56.3 Å². The number of hydrogen-bond donors (Lipinski definition) is 0. The Morgan fingerprint density at radius 3 is 0.783 bits per heavy atom. The lowest BCUT2D eigenvalue weighted by molar-refractivity contribution is -0.119. The normalized spacial score (nSPS) is 24.1. The van der Waals surface area contributed by atoms with Crippen molar-refractivity contribution in [3.8, 4) is 0 Å². The summed E-state index contributed by atoms with van der Waals surface area (Å²) in [5.41, 5.74) is 36.9. The molecule has 0 unspecified atom stereocenters. The SMILES string of the molecule is F[B-](F)(F)F.[N-]=[N+]=C1C=CC(OCC(COC2C=CC(=[N+]=[N-])C=C2)(COC2C=CC(=[N+]=[N-])C=C2)COC2C=CC(=[N+]=[N-])C=C2)C=C1. The first-order valence-corrected chi connectivity index (χ1v) is 13.7. The van der Waals surface area contributed by atoms with Crippen LogP contribution < -0.4 is 0 Å². The lowest BCUT2D eigenvalue weighted by Gasteiger charge is -2.36. The van der Waals surface area contributed by atoms with Gasteiger partial charge >= 0.3 is 30.1 Å². The molecular formula is C29H28BF4N8O4-. The van der Waals surface area contributed by atoms with E-state index in [1.54, 1.807) is 97.2 Å². The van der Waals surface area contributed by atoms with Gasteiger partial charge in [-0.2, -0.15) is 19.2 Å². The summed E-state index contributed by atoms with van der Waals surface area (Å²) in [6.07, 6.45) is 25.9. The van der Waals surface area contributed by atoms with Crippen molar-refractivity contribution in [1.82, 2.24) is 0 Å². The fraction of sp³-hybridized carbons (Fsp3) is 0.310. The minimum atomic E-state index is -6.00. The van der Waals surface area contributed by atoms with Crippen LogP contribution in [-0.4, -0.2) is 100 Å². The van der Waals surface area contributed by atoms with E-state index < -0.39 is 12.7 Å². The van der Waals surface area contributed by atoms with E-state index >= 15 is 0 Å². The predicted octanol–water partition coefficient (Wildman–Crippen LogP) is 4.00. The molecular weight excluding hydrogens is 611 g/mol. The summed E-state index contributed by atoms with van der Waals surface area (Å²) in [7, 11) is -6.00. The molecule has 4 aliphatic rings. The Morgan fingerprint density at radius 2 is 0.630 bits per heavy atom. The van der Waals surface area contributed by atoms with Gasteiger partial charge in [0.1, 0.15) is 0 Å². The van der Waals surface area contributed by atoms with Crippen LogP contribution in [0.15, 0.2) is 97.2 Å². The molecule has 0 spiro atoms. The molecule has 0 amide bonds. The fourth-order valence-electron chi connectivity index (χ4n) is 4.08. The second-order valence-electron chi connectivity index (χ2n) is 10.1. The molecule has 17 heteroatoms. The molecule has 0 aliphatic heterocycles. The zero-order valence-corrected chi connectivity index (χ0v) is 24.2. The minimum Gasteiger partial charge on any atom is -0.418 e. The predicted molar refractivity (Wildman–Crippen MR) is 159 cm³/mol. The van der Waals surface area contributed by atoms with E-state index in [0.29, 0.717) is 22.8 Å². The molecule has 4 aliphatic carbocycles. The van der Waals surface area contributed by atoms with Crippen molar-refractivity contribution in [3.05, 3.63) is 119 Å². The fourth-order valence-corrected chi connectivity index (χ4v) is 4.08. The smallest absolute Gasteiger partial charge is 0.418 e. The highest BCUT2D eigenvalue weighted by atomic mass is 19.5. The number of ether oxygens (including phenoxy) is 4. The van der Waals surface area contributed by atoms with Gasteiger partial charge in [0.25, 0.3) is 0 Å². The van der Waals surface area contributed by atoms with Crippen molar-refractivity contribution < 1.29 is 55.4 Å². The van der Waals surface area contributed by atoms with Gasteiger partial charge in [-0.25, -0.2) is 0 Å². The van der Waals surface area contributed by atoms with Crippen molar-refractivity contribution in [2.45, 2.75) is 24.4 Å². The maximum atomic E-state index is 9.75. The van der Waals surface area contributed by atoms with Gasteiger partial charge in [0.15, 0.2) is 0 Å². The second kappa shape index (κ2) is 17.5. The highest BCUT2D eigenvalue weighted by Crippen LogP contribution is 2.26. The number of allylic oxidation sites excluding steroid dienone is 8. The van der Waals surface area contributed by atoms with Gasteiger partial charge in [-0.15, -0.1) is 0 Å². The Labute approximate surface area is 261 Å². The Kier molecular flexibility index (Phi) is 13.5. The van der Waals surface area contributed by atoms with Gasteiger partial charge in [0, 0.05) is 48.6 Å². The van der Waals surface area contributed by atoms with Crippen LogP contribution in [0.25, 0.3) is 22.1 Å². The zero-order chi connectivity index (χ0) is 33.4. The molecule has 0 bridgehead atoms. The van der Waals surface area contributed by atoms with Crippen molar-refractivity contribution in [2.75, 3.05) is 26.4 Å². The zero-order valence-electron chi connectivity index (χ0n) is 24.2. The first kappa shape index (κ1) is 35.5. The third-order valence-corrected chi connectivity index (χ3v) is 6.44. The standard InChI is InChI=1S/C29H28N8O4.BF4/c30-34-21-1-9-25(10-2-21)38-17-29(18-39-26-11-3-22(35-31)4-12-26,19-40-27-13-5-23(36-32)6-14-27)20-41-28-15-7-24(37-33)8-16-28;2-1(3,4)5/h1-16,25-28H,17-20H2;/q;-1. The van der Waals surface area contributed by atoms with Crippen molar-refractivity contribution in [3.63, 3.8) is 0 Å². The summed E-state index contributed by atoms with van der Waals surface area (Å²) in [4.78, 5) is 12.7. The second-order valence-corrected chi connectivity index (χ2v) is 10.1. The summed E-state index contributed by atoms with van der Waals surface area (Å²) < 4.78 is 64.0. The van der Waals surface area contributed by atoms with Crippen LogP contribution in [0.2, 0.25) is 0 Å². The van der Waals surface area contributed by atoms with Crippen molar-refractivity contribution >= 4 is 30.1 Å². The van der Waals surface area contributed by atoms with E-state index in [1.807, 2.05) is 0 Å². The molecule has 0 aromatic carbocycles. The van der Waals surface area contributed by atoms with E-state index in [-0.39, 0.29) is 50.8 Å². The average molecular weight is 639 g/mol. The molecule has 0 heterocycles. The summed E-state index contributed by atoms with van der Waals surface area (Å²) in [5, 5.41) is 0. The third-order valence-electron chi connectivity index (χ3n) is 6.44. The van der Waals surface area contributed by atoms with E-state index in [2.05, 4.69) is 19.2 Å². The molecule has 0 N–H and O–H groups in total. The molecule has 0 aromatic heterocycles. The summed E-state index contributed by atoms with van der Waals surface area (Å²) in [6.45, 7) is 0.700. The molecule has 0 saturated carbocycles. The van der Waals surface area contributed by atoms with Crippen LogP contribution in [-0.2, 0) is 18.9 Å². The largest absolute Gasteiger partial charge is 0.673 e. The molecule has 12 nitrogen and oxygen atoms in total. The molecule has 240 valence electrons. The van der Waals surface area contributed by atoms with E-state index in [0.717, 1.165) is 0 Å². The van der Waals surface area contributed by atoms with Crippen LogP contribution in [0.1, 0.15) is 0 Å². The van der Waals surface area contributed by atoms with Crippen molar-refractivity contribution in [2.24, 2.45) is 5.41 Å². The summed E-state index contributed by atoms with van der Waals surface area (Å²) >= 11 is 0. The highest BCUT2D eigenvalue weighted by molar-refractivity contribution is 6.50. The Bertz CT molecular complexity index is 1280. The number of hydrogen-bond acceptors (Lipinski definition) is 4. The Hall–Kier alpha value is -4.94. The van der Waals surface area contributed by atoms with Crippen LogP contribution in [0.5, 0.6) is 0 Å². The lowest BCUT2D eigenvalue weighted by Crippen LogP contribution is -2.45. The Morgan fingerprint density at radius 1 is 0.457 bits per heavy atom. The van der Waals surface area contributed by atoms with Crippen molar-refractivity contribution in [1.29, 1.82) is 0 Å². The summed E-state index contributed by atoms with van der Waals surface area (Å²) in [6, 6.07) is 0. The molecule has 0 aromatic rings. The maximum Gasteiger partial charge on any atom is 0.673 e. The minimum absolute atomic E-state index is 0.175. The van der Waals surface area contributed by atoms with Crippen LogP contribution in [0, 0.1) is 5.41 Å². The molecule has 0 atom stereocenters. The molecule has 46 heavy (non-hydrogen) atoms. The van der Waals surface area contributed by atoms with Crippen LogP contribution in [0.3, 0.4) is 0 Å². The maximum absolute atomic E-state index is 9.75. The van der Waals surface area contributed by atoms with E-state index in [1.165, 1.54) is 0 Å². The quantitative estimate of drug-likeness (QED) is 0.135. The number of rotatable bonds is 12. The molecule has 4 rings (SSSR count).